The lowest BCUT2D eigenvalue weighted by Gasteiger charge is -2.33. The molecule has 0 bridgehead atoms. The summed E-state index contributed by atoms with van der Waals surface area (Å²) in [5.74, 6) is -0.541. The van der Waals surface area contributed by atoms with Crippen LogP contribution in [0.3, 0.4) is 0 Å². The van der Waals surface area contributed by atoms with E-state index in [0.29, 0.717) is 32.0 Å². The number of amides is 1. The average Bonchev–Trinajstić information content (AvgIpc) is 2.78. The number of carbonyl (C=O) groups excluding carboxylic acids is 1. The number of hydrogen-bond acceptors (Lipinski definition) is 3. The molecule has 0 radical (unpaired) electrons. The fourth-order valence-electron chi connectivity index (χ4n) is 3.47. The summed E-state index contributed by atoms with van der Waals surface area (Å²) in [6, 6.07) is -0.480. The molecule has 0 aromatic heterocycles. The van der Waals surface area contributed by atoms with Crippen LogP contribution in [0.15, 0.2) is 0 Å². The van der Waals surface area contributed by atoms with Gasteiger partial charge in [0, 0.05) is 12.6 Å². The van der Waals surface area contributed by atoms with Gasteiger partial charge in [-0.3, -0.25) is 4.79 Å². The van der Waals surface area contributed by atoms with E-state index in [0.717, 1.165) is 25.7 Å². The molecule has 1 saturated heterocycles. The number of rotatable bonds is 5. The van der Waals surface area contributed by atoms with Gasteiger partial charge < -0.3 is 14.7 Å². The van der Waals surface area contributed by atoms with Crippen LogP contribution in [0.25, 0.3) is 0 Å². The molecular formula is C14H23NO4. The maximum Gasteiger partial charge on any atom is 0.326 e. The van der Waals surface area contributed by atoms with Gasteiger partial charge in [-0.1, -0.05) is 12.8 Å². The van der Waals surface area contributed by atoms with Crippen molar-refractivity contribution in [3.05, 3.63) is 0 Å². The second-order valence-electron chi connectivity index (χ2n) is 5.45. The van der Waals surface area contributed by atoms with Crippen molar-refractivity contribution in [3.63, 3.8) is 0 Å². The highest BCUT2D eigenvalue weighted by Gasteiger charge is 2.47. The van der Waals surface area contributed by atoms with E-state index in [1.807, 2.05) is 6.92 Å². The first kappa shape index (κ1) is 14.3. The second kappa shape index (κ2) is 6.37. The van der Waals surface area contributed by atoms with E-state index in [4.69, 9.17) is 4.74 Å². The second-order valence-corrected chi connectivity index (χ2v) is 5.45. The summed E-state index contributed by atoms with van der Waals surface area (Å²) in [5, 5.41) is 9.33. The molecule has 2 fully saturated rings. The zero-order chi connectivity index (χ0) is 13.8. The van der Waals surface area contributed by atoms with Gasteiger partial charge in [0.25, 0.3) is 0 Å². The number of hydrogen-bond donors (Lipinski definition) is 1. The van der Waals surface area contributed by atoms with Crippen molar-refractivity contribution in [3.8, 4) is 0 Å². The largest absolute Gasteiger partial charge is 0.480 e. The lowest BCUT2D eigenvalue weighted by molar-refractivity contribution is -0.150. The van der Waals surface area contributed by atoms with Crippen molar-refractivity contribution in [2.24, 2.45) is 5.92 Å². The molecule has 19 heavy (non-hydrogen) atoms. The molecule has 1 aliphatic carbocycles. The fourth-order valence-corrected chi connectivity index (χ4v) is 3.47. The van der Waals surface area contributed by atoms with E-state index >= 15 is 0 Å². The predicted molar refractivity (Wildman–Crippen MR) is 69.7 cm³/mol. The normalized spacial score (nSPS) is 30.2. The number of fused-ring (bicyclic) bond motifs is 1. The molecule has 0 spiro atoms. The Hall–Kier alpha value is -1.10. The highest BCUT2D eigenvalue weighted by atomic mass is 16.5. The molecule has 108 valence electrons. The average molecular weight is 269 g/mol. The number of carboxylic acid groups (broad SMARTS) is 1. The third-order valence-corrected chi connectivity index (χ3v) is 4.33. The number of carbonyl (C=O) groups is 2. The first-order chi connectivity index (χ1) is 9.15. The van der Waals surface area contributed by atoms with Crippen molar-refractivity contribution < 1.29 is 19.4 Å². The number of aliphatic carboxylic acids is 1. The van der Waals surface area contributed by atoms with Crippen molar-refractivity contribution >= 4 is 11.9 Å². The highest BCUT2D eigenvalue weighted by Crippen LogP contribution is 2.40. The Bertz CT molecular complexity index is 344. The van der Waals surface area contributed by atoms with E-state index < -0.39 is 12.0 Å². The van der Waals surface area contributed by atoms with Crippen molar-refractivity contribution in [1.29, 1.82) is 0 Å². The molecule has 1 saturated carbocycles. The molecule has 0 unspecified atom stereocenters. The third kappa shape index (κ3) is 3.08. The number of ether oxygens (including phenoxy) is 1. The van der Waals surface area contributed by atoms with Crippen LogP contribution in [-0.2, 0) is 14.3 Å². The maximum atomic E-state index is 12.3. The summed E-state index contributed by atoms with van der Waals surface area (Å²) < 4.78 is 5.20. The van der Waals surface area contributed by atoms with Gasteiger partial charge in [0.05, 0.1) is 13.0 Å². The van der Waals surface area contributed by atoms with Gasteiger partial charge in [0.2, 0.25) is 5.91 Å². The van der Waals surface area contributed by atoms with Gasteiger partial charge in [-0.25, -0.2) is 4.79 Å². The molecule has 0 aromatic rings. The molecule has 1 N–H and O–H groups in total. The van der Waals surface area contributed by atoms with E-state index in [1.165, 1.54) is 0 Å². The van der Waals surface area contributed by atoms with Crippen LogP contribution in [0, 0.1) is 5.92 Å². The highest BCUT2D eigenvalue weighted by molar-refractivity contribution is 5.84. The summed E-state index contributed by atoms with van der Waals surface area (Å²) in [7, 11) is 0. The Morgan fingerprint density at radius 3 is 2.74 bits per heavy atom. The molecule has 5 nitrogen and oxygen atoms in total. The first-order valence-corrected chi connectivity index (χ1v) is 7.26. The van der Waals surface area contributed by atoms with E-state index in [-0.39, 0.29) is 11.9 Å². The Labute approximate surface area is 113 Å². The van der Waals surface area contributed by atoms with Gasteiger partial charge in [-0.05, 0) is 32.1 Å². The Morgan fingerprint density at radius 1 is 1.32 bits per heavy atom. The first-order valence-electron chi connectivity index (χ1n) is 7.26. The van der Waals surface area contributed by atoms with Gasteiger partial charge in [0.15, 0.2) is 0 Å². The van der Waals surface area contributed by atoms with Crippen LogP contribution >= 0.6 is 0 Å². The summed E-state index contributed by atoms with van der Waals surface area (Å²) >= 11 is 0. The lowest BCUT2D eigenvalue weighted by Crippen LogP contribution is -2.46. The third-order valence-electron chi connectivity index (χ3n) is 4.33. The summed E-state index contributed by atoms with van der Waals surface area (Å²) in [5.41, 5.74) is 0. The van der Waals surface area contributed by atoms with Crippen molar-refractivity contribution in [1.82, 2.24) is 4.90 Å². The standard InChI is InChI=1S/C14H23NO4/c1-2-19-8-7-13(16)15-11-6-4-3-5-10(11)9-12(15)14(17)18/h10-12H,2-9H2,1H3,(H,17,18)/t10-,11+,12-/m0/s1. The van der Waals surface area contributed by atoms with E-state index in [9.17, 15) is 14.7 Å². The van der Waals surface area contributed by atoms with Gasteiger partial charge in [-0.15, -0.1) is 0 Å². The SMILES string of the molecule is CCOCCC(=O)N1[C@@H]2CCCC[C@H]2C[C@H]1C(=O)O. The molecule has 2 aliphatic rings. The van der Waals surface area contributed by atoms with Crippen molar-refractivity contribution in [2.75, 3.05) is 13.2 Å². The molecule has 1 amide bonds. The maximum absolute atomic E-state index is 12.3. The van der Waals surface area contributed by atoms with Crippen LogP contribution < -0.4 is 0 Å². The van der Waals surface area contributed by atoms with Crippen LogP contribution in [0.1, 0.15) is 45.4 Å². The van der Waals surface area contributed by atoms with Crippen LogP contribution in [0.4, 0.5) is 0 Å². The topological polar surface area (TPSA) is 66.8 Å². The lowest BCUT2D eigenvalue weighted by atomic mass is 9.84. The Kier molecular flexibility index (Phi) is 4.80. The zero-order valence-electron chi connectivity index (χ0n) is 11.5. The van der Waals surface area contributed by atoms with Crippen LogP contribution in [-0.4, -0.2) is 47.2 Å². The Balaban J connectivity index is 2.04. The zero-order valence-corrected chi connectivity index (χ0v) is 11.5. The van der Waals surface area contributed by atoms with Gasteiger partial charge in [0.1, 0.15) is 6.04 Å². The monoisotopic (exact) mass is 269 g/mol. The van der Waals surface area contributed by atoms with Crippen LogP contribution in [0.5, 0.6) is 0 Å². The fraction of sp³-hybridized carbons (Fsp3) is 0.857. The minimum atomic E-state index is -0.862. The van der Waals surface area contributed by atoms with Crippen LogP contribution in [0.2, 0.25) is 0 Å². The summed E-state index contributed by atoms with van der Waals surface area (Å²) in [6.07, 6.45) is 5.19. The van der Waals surface area contributed by atoms with E-state index in [2.05, 4.69) is 0 Å². The van der Waals surface area contributed by atoms with E-state index in [1.54, 1.807) is 4.90 Å². The van der Waals surface area contributed by atoms with Gasteiger partial charge >= 0.3 is 5.97 Å². The minimum Gasteiger partial charge on any atom is -0.480 e. The summed E-state index contributed by atoms with van der Waals surface area (Å²) in [4.78, 5) is 25.3. The number of likely N-dealkylation sites (tertiary alicyclic amines) is 1. The minimum absolute atomic E-state index is 0.0600. The number of nitrogens with zero attached hydrogens (tertiary/aromatic N) is 1. The molecule has 1 heterocycles. The molecule has 5 heteroatoms. The Morgan fingerprint density at radius 2 is 2.05 bits per heavy atom. The summed E-state index contributed by atoms with van der Waals surface area (Å²) in [6.45, 7) is 2.86. The smallest absolute Gasteiger partial charge is 0.326 e. The molecule has 3 atom stereocenters. The quantitative estimate of drug-likeness (QED) is 0.771. The molecule has 0 aromatic carbocycles. The molecule has 1 aliphatic heterocycles. The number of carboxylic acids is 1. The molecular weight excluding hydrogens is 246 g/mol. The molecule has 2 rings (SSSR count). The van der Waals surface area contributed by atoms with Gasteiger partial charge in [-0.2, -0.15) is 0 Å². The van der Waals surface area contributed by atoms with Crippen molar-refractivity contribution in [2.45, 2.75) is 57.5 Å². The predicted octanol–water partition coefficient (Wildman–Crippen LogP) is 1.66.